The van der Waals surface area contributed by atoms with E-state index in [1.165, 1.54) is 42.0 Å². The van der Waals surface area contributed by atoms with E-state index in [2.05, 4.69) is 56.1 Å². The lowest BCUT2D eigenvalue weighted by Crippen LogP contribution is -2.26. The number of benzene rings is 1. The van der Waals surface area contributed by atoms with Crippen molar-refractivity contribution in [2.45, 2.75) is 38.5 Å². The first-order valence-electron chi connectivity index (χ1n) is 10.4. The molecule has 29 heavy (non-hydrogen) atoms. The molecule has 1 aliphatic rings. The molecule has 0 spiro atoms. The first-order valence-corrected chi connectivity index (χ1v) is 10.4. The number of hydrogen-bond acceptors (Lipinski definition) is 4. The number of carbonyl (C=O) groups is 1. The van der Waals surface area contributed by atoms with Crippen LogP contribution in [0, 0.1) is 0 Å². The molecule has 0 radical (unpaired) electrons. The lowest BCUT2D eigenvalue weighted by molar-refractivity contribution is 0.0948. The van der Waals surface area contributed by atoms with E-state index in [4.69, 9.17) is 0 Å². The van der Waals surface area contributed by atoms with Gasteiger partial charge in [0.1, 0.15) is 11.5 Å². The number of rotatable bonds is 8. The van der Waals surface area contributed by atoms with Crippen LogP contribution in [0.5, 0.6) is 0 Å². The number of nitrogens with zero attached hydrogens (tertiary/aromatic N) is 2. The lowest BCUT2D eigenvalue weighted by atomic mass is 9.97. The number of carbonyl (C=O) groups excluding carboxylic acids is 1. The first kappa shape index (κ1) is 19.2. The maximum atomic E-state index is 12.2. The van der Waals surface area contributed by atoms with Crippen molar-refractivity contribution >= 4 is 22.6 Å². The summed E-state index contributed by atoms with van der Waals surface area (Å²) >= 11 is 0. The van der Waals surface area contributed by atoms with E-state index >= 15 is 0 Å². The van der Waals surface area contributed by atoms with Gasteiger partial charge >= 0.3 is 0 Å². The Morgan fingerprint density at radius 1 is 1.07 bits per heavy atom. The Morgan fingerprint density at radius 2 is 2.00 bits per heavy atom. The molecule has 0 aliphatic heterocycles. The average molecular weight is 390 g/mol. The predicted octanol–water partition coefficient (Wildman–Crippen LogP) is 4.23. The van der Waals surface area contributed by atoms with Crippen molar-refractivity contribution in [3.8, 4) is 0 Å². The average Bonchev–Trinajstić information content (AvgIpc) is 3.18. The highest BCUT2D eigenvalue weighted by molar-refractivity contribution is 5.92. The third-order valence-electron chi connectivity index (χ3n) is 5.38. The molecule has 1 aromatic carbocycles. The van der Waals surface area contributed by atoms with Gasteiger partial charge in [-0.25, -0.2) is 9.97 Å². The topological polar surface area (TPSA) is 82.7 Å². The highest BCUT2D eigenvalue weighted by atomic mass is 16.1. The van der Waals surface area contributed by atoms with Gasteiger partial charge in [-0.3, -0.25) is 4.79 Å². The molecule has 0 saturated heterocycles. The molecule has 4 rings (SSSR count). The summed E-state index contributed by atoms with van der Waals surface area (Å²) in [7, 11) is 0. The van der Waals surface area contributed by atoms with Crippen LogP contribution in [0.3, 0.4) is 0 Å². The van der Waals surface area contributed by atoms with E-state index < -0.39 is 0 Å². The molecule has 0 saturated carbocycles. The van der Waals surface area contributed by atoms with Crippen LogP contribution < -0.4 is 10.6 Å². The van der Waals surface area contributed by atoms with E-state index in [0.29, 0.717) is 18.1 Å². The number of hydrogen-bond donors (Lipinski definition) is 3. The third-order valence-corrected chi connectivity index (χ3v) is 5.38. The molecule has 2 heterocycles. The van der Waals surface area contributed by atoms with Crippen molar-refractivity contribution in [2.24, 2.45) is 0 Å². The summed E-state index contributed by atoms with van der Waals surface area (Å²) in [4.78, 5) is 24.1. The van der Waals surface area contributed by atoms with Gasteiger partial charge in [0.05, 0.1) is 12.4 Å². The van der Waals surface area contributed by atoms with E-state index in [1.54, 1.807) is 6.20 Å². The highest BCUT2D eigenvalue weighted by Crippen LogP contribution is 2.19. The molecular formula is C23H27N5O. The number of aromatic amines is 1. The van der Waals surface area contributed by atoms with E-state index in [1.807, 2.05) is 6.07 Å². The number of allylic oxidation sites excluding steroid dienone is 1. The lowest BCUT2D eigenvalue weighted by Gasteiger charge is -2.12. The molecule has 1 amide bonds. The number of fused-ring (bicyclic) bond motifs is 1. The second kappa shape index (κ2) is 9.37. The van der Waals surface area contributed by atoms with Gasteiger partial charge in [-0.15, -0.1) is 0 Å². The summed E-state index contributed by atoms with van der Waals surface area (Å²) in [5.41, 5.74) is 4.23. The highest BCUT2D eigenvalue weighted by Gasteiger charge is 2.09. The summed E-state index contributed by atoms with van der Waals surface area (Å²) < 4.78 is 0. The normalized spacial score (nSPS) is 13.9. The summed E-state index contributed by atoms with van der Waals surface area (Å²) in [6, 6.07) is 8.28. The minimum atomic E-state index is -0.167. The van der Waals surface area contributed by atoms with Gasteiger partial charge in [-0.2, -0.15) is 0 Å². The zero-order valence-electron chi connectivity index (χ0n) is 16.6. The Kier molecular flexibility index (Phi) is 6.19. The van der Waals surface area contributed by atoms with Crippen LogP contribution >= 0.6 is 0 Å². The number of para-hydroxylation sites is 1. The second-order valence-corrected chi connectivity index (χ2v) is 7.44. The zero-order chi connectivity index (χ0) is 19.9. The fourth-order valence-corrected chi connectivity index (χ4v) is 3.76. The van der Waals surface area contributed by atoms with Gasteiger partial charge in [-0.05, 0) is 50.2 Å². The van der Waals surface area contributed by atoms with Gasteiger partial charge in [0.25, 0.3) is 5.91 Å². The van der Waals surface area contributed by atoms with Crippen molar-refractivity contribution in [2.75, 3.05) is 18.4 Å². The molecule has 6 heteroatoms. The van der Waals surface area contributed by atoms with Crippen LogP contribution in [0.15, 0.2) is 54.5 Å². The maximum Gasteiger partial charge on any atom is 0.271 e. The standard InChI is InChI=1S/C23H27N5O/c29-23(25-12-10-17-6-2-1-3-7-17)21-15-28-22(16-27-21)24-13-11-18-14-26-20-9-5-4-8-19(18)20/h4-6,8-9,14-16,26H,1-3,7,10-13H2,(H,24,28)(H,25,29). The molecule has 0 bridgehead atoms. The largest absolute Gasteiger partial charge is 0.368 e. The Hall–Kier alpha value is -3.15. The molecule has 0 unspecified atom stereocenters. The molecule has 2 aromatic heterocycles. The Labute approximate surface area is 170 Å². The van der Waals surface area contributed by atoms with E-state index in [-0.39, 0.29) is 5.91 Å². The van der Waals surface area contributed by atoms with Crippen LogP contribution in [0.4, 0.5) is 5.82 Å². The fourth-order valence-electron chi connectivity index (χ4n) is 3.76. The first-order chi connectivity index (χ1) is 14.3. The summed E-state index contributed by atoms with van der Waals surface area (Å²) in [6.45, 7) is 1.40. The summed E-state index contributed by atoms with van der Waals surface area (Å²) in [6.07, 6.45) is 14.2. The smallest absolute Gasteiger partial charge is 0.271 e. The molecular weight excluding hydrogens is 362 g/mol. The van der Waals surface area contributed by atoms with E-state index in [0.717, 1.165) is 31.3 Å². The van der Waals surface area contributed by atoms with Gasteiger partial charge in [0, 0.05) is 30.2 Å². The monoisotopic (exact) mass is 389 g/mol. The second-order valence-electron chi connectivity index (χ2n) is 7.44. The Balaban J connectivity index is 1.23. The fraction of sp³-hybridized carbons (Fsp3) is 0.348. The van der Waals surface area contributed by atoms with Crippen LogP contribution in [0.1, 0.15) is 48.2 Å². The predicted molar refractivity (Wildman–Crippen MR) is 116 cm³/mol. The molecule has 3 aromatic rings. The van der Waals surface area contributed by atoms with E-state index in [9.17, 15) is 4.79 Å². The number of aromatic nitrogens is 3. The maximum absolute atomic E-state index is 12.2. The summed E-state index contributed by atoms with van der Waals surface area (Å²) in [5.74, 6) is 0.507. The molecule has 0 fully saturated rings. The number of nitrogens with one attached hydrogen (secondary N) is 3. The Bertz CT molecular complexity index is 990. The SMILES string of the molecule is O=C(NCCC1=CCCCC1)c1cnc(NCCc2c[nH]c3ccccc23)cn1. The third kappa shape index (κ3) is 5.02. The van der Waals surface area contributed by atoms with Crippen molar-refractivity contribution < 1.29 is 4.79 Å². The van der Waals surface area contributed by atoms with Crippen LogP contribution in [0.25, 0.3) is 10.9 Å². The van der Waals surface area contributed by atoms with Gasteiger partial charge in [0.2, 0.25) is 0 Å². The van der Waals surface area contributed by atoms with Crippen molar-refractivity contribution in [1.29, 1.82) is 0 Å². The molecule has 150 valence electrons. The minimum absolute atomic E-state index is 0.167. The zero-order valence-corrected chi connectivity index (χ0v) is 16.6. The van der Waals surface area contributed by atoms with Crippen molar-refractivity contribution in [3.05, 3.63) is 65.8 Å². The van der Waals surface area contributed by atoms with Crippen LogP contribution in [-0.2, 0) is 6.42 Å². The molecule has 3 N–H and O–H groups in total. The summed E-state index contributed by atoms with van der Waals surface area (Å²) in [5, 5.41) is 7.46. The minimum Gasteiger partial charge on any atom is -0.368 e. The van der Waals surface area contributed by atoms with Crippen LogP contribution in [0.2, 0.25) is 0 Å². The molecule has 1 aliphatic carbocycles. The Morgan fingerprint density at radius 3 is 2.83 bits per heavy atom. The number of amides is 1. The number of anilines is 1. The van der Waals surface area contributed by atoms with Gasteiger partial charge in [-0.1, -0.05) is 29.8 Å². The van der Waals surface area contributed by atoms with Crippen molar-refractivity contribution in [1.82, 2.24) is 20.3 Å². The molecule has 0 atom stereocenters. The quantitative estimate of drug-likeness (QED) is 0.504. The van der Waals surface area contributed by atoms with Crippen molar-refractivity contribution in [3.63, 3.8) is 0 Å². The molecule has 6 nitrogen and oxygen atoms in total. The van der Waals surface area contributed by atoms with Gasteiger partial charge < -0.3 is 15.6 Å². The van der Waals surface area contributed by atoms with Crippen LogP contribution in [-0.4, -0.2) is 33.9 Å². The van der Waals surface area contributed by atoms with Gasteiger partial charge in [0.15, 0.2) is 0 Å². The number of H-pyrrole nitrogens is 1.